The minimum absolute atomic E-state index is 0.115. The van der Waals surface area contributed by atoms with Crippen molar-refractivity contribution in [1.29, 1.82) is 0 Å². The van der Waals surface area contributed by atoms with Gasteiger partial charge in [0.05, 0.1) is 16.9 Å². The molecule has 1 aromatic heterocycles. The van der Waals surface area contributed by atoms with E-state index in [1.807, 2.05) is 13.8 Å². The maximum Gasteiger partial charge on any atom is 0.230 e. The van der Waals surface area contributed by atoms with Gasteiger partial charge in [-0.2, -0.15) is 0 Å². The first-order valence-electron chi connectivity index (χ1n) is 6.30. The summed E-state index contributed by atoms with van der Waals surface area (Å²) in [5, 5.41) is 6.58. The van der Waals surface area contributed by atoms with Crippen molar-refractivity contribution < 1.29 is 14.1 Å². The maximum absolute atomic E-state index is 11.7. The van der Waals surface area contributed by atoms with Crippen LogP contribution in [0.5, 0.6) is 0 Å². The van der Waals surface area contributed by atoms with E-state index in [1.54, 1.807) is 13.8 Å². The highest BCUT2D eigenvalue weighted by atomic mass is 32.2. The van der Waals surface area contributed by atoms with Crippen LogP contribution in [0.3, 0.4) is 0 Å². The van der Waals surface area contributed by atoms with E-state index >= 15 is 0 Å². The van der Waals surface area contributed by atoms with Crippen LogP contribution in [0.25, 0.3) is 0 Å². The lowest BCUT2D eigenvalue weighted by Gasteiger charge is -2.20. The first-order chi connectivity index (χ1) is 9.24. The molecule has 0 unspecified atom stereocenters. The molecule has 0 saturated heterocycles. The van der Waals surface area contributed by atoms with Gasteiger partial charge in [0.15, 0.2) is 0 Å². The van der Waals surface area contributed by atoms with Gasteiger partial charge in [0.2, 0.25) is 11.8 Å². The zero-order valence-corrected chi connectivity index (χ0v) is 13.1. The number of aromatic nitrogens is 1. The van der Waals surface area contributed by atoms with Gasteiger partial charge in [-0.25, -0.2) is 0 Å². The van der Waals surface area contributed by atoms with Crippen LogP contribution in [0, 0.1) is 19.3 Å². The summed E-state index contributed by atoms with van der Waals surface area (Å²) >= 11 is 1.48. The van der Waals surface area contributed by atoms with E-state index in [0.717, 1.165) is 17.0 Å². The van der Waals surface area contributed by atoms with E-state index in [1.165, 1.54) is 11.8 Å². The third kappa shape index (κ3) is 4.56. The summed E-state index contributed by atoms with van der Waals surface area (Å²) in [5.74, 6) is 1.23. The van der Waals surface area contributed by atoms with Gasteiger partial charge < -0.3 is 15.6 Å². The molecule has 0 radical (unpaired) electrons. The normalized spacial score (nSPS) is 11.4. The molecule has 1 heterocycles. The van der Waals surface area contributed by atoms with Gasteiger partial charge >= 0.3 is 0 Å². The number of aryl methyl sites for hydroxylation is 2. The molecule has 3 N–H and O–H groups in total. The number of hydrogen-bond acceptors (Lipinski definition) is 5. The van der Waals surface area contributed by atoms with E-state index < -0.39 is 11.3 Å². The molecule has 2 amide bonds. The van der Waals surface area contributed by atoms with E-state index in [4.69, 9.17) is 10.3 Å². The van der Waals surface area contributed by atoms with Crippen LogP contribution in [-0.2, 0) is 15.3 Å². The van der Waals surface area contributed by atoms with Gasteiger partial charge in [0, 0.05) is 17.9 Å². The summed E-state index contributed by atoms with van der Waals surface area (Å²) in [7, 11) is 0. The van der Waals surface area contributed by atoms with Gasteiger partial charge in [0.1, 0.15) is 5.76 Å². The molecule has 0 aromatic carbocycles. The fourth-order valence-electron chi connectivity index (χ4n) is 1.41. The van der Waals surface area contributed by atoms with Crippen LogP contribution in [0.2, 0.25) is 0 Å². The summed E-state index contributed by atoms with van der Waals surface area (Å²) in [6, 6.07) is 0. The standard InChI is InChI=1S/C13H21N3O3S/c1-8-10(9(2)19-16-8)5-20-6-11(17)15-7-13(3,4)12(14)18/h5-7H2,1-4H3,(H2,14,18)(H,15,17). The second-order valence-electron chi connectivity index (χ2n) is 5.32. The highest BCUT2D eigenvalue weighted by molar-refractivity contribution is 7.99. The molecule has 0 aliphatic rings. The Morgan fingerprint density at radius 3 is 2.55 bits per heavy atom. The number of rotatable bonds is 7. The first-order valence-corrected chi connectivity index (χ1v) is 7.45. The summed E-state index contributed by atoms with van der Waals surface area (Å²) in [5.41, 5.74) is 6.39. The predicted molar refractivity (Wildman–Crippen MR) is 78.1 cm³/mol. The Balaban J connectivity index is 2.33. The van der Waals surface area contributed by atoms with E-state index in [9.17, 15) is 9.59 Å². The van der Waals surface area contributed by atoms with Gasteiger partial charge in [0.25, 0.3) is 0 Å². The first kappa shape index (κ1) is 16.6. The second-order valence-corrected chi connectivity index (χ2v) is 6.31. The van der Waals surface area contributed by atoms with Crippen LogP contribution in [0.4, 0.5) is 0 Å². The quantitative estimate of drug-likeness (QED) is 0.787. The minimum atomic E-state index is -0.734. The number of primary amides is 1. The number of nitrogens with zero attached hydrogens (tertiary/aromatic N) is 1. The summed E-state index contributed by atoms with van der Waals surface area (Å²) in [6.07, 6.45) is 0. The Morgan fingerprint density at radius 1 is 1.40 bits per heavy atom. The number of carbonyl (C=O) groups excluding carboxylic acids is 2. The van der Waals surface area contributed by atoms with Crippen LogP contribution in [0.1, 0.15) is 30.9 Å². The summed E-state index contributed by atoms with van der Waals surface area (Å²) in [6.45, 7) is 7.37. The molecule has 112 valence electrons. The van der Waals surface area contributed by atoms with Gasteiger partial charge in [-0.3, -0.25) is 9.59 Å². The van der Waals surface area contributed by atoms with Gasteiger partial charge in [-0.05, 0) is 27.7 Å². The lowest BCUT2D eigenvalue weighted by molar-refractivity contribution is -0.126. The molecule has 7 heteroatoms. The molecule has 20 heavy (non-hydrogen) atoms. The predicted octanol–water partition coefficient (Wildman–Crippen LogP) is 1.15. The van der Waals surface area contributed by atoms with Crippen molar-refractivity contribution in [2.24, 2.45) is 11.1 Å². The number of carbonyl (C=O) groups is 2. The monoisotopic (exact) mass is 299 g/mol. The van der Waals surface area contributed by atoms with Crippen molar-refractivity contribution in [3.63, 3.8) is 0 Å². The summed E-state index contributed by atoms with van der Waals surface area (Å²) in [4.78, 5) is 22.8. The molecule has 0 aliphatic heterocycles. The molecule has 0 fully saturated rings. The molecule has 0 bridgehead atoms. The van der Waals surface area contributed by atoms with E-state index in [0.29, 0.717) is 11.5 Å². The molecular formula is C13H21N3O3S. The Hall–Kier alpha value is -1.50. The third-order valence-electron chi connectivity index (χ3n) is 3.06. The number of amides is 2. The molecule has 0 atom stereocenters. The van der Waals surface area contributed by atoms with Crippen molar-refractivity contribution in [2.45, 2.75) is 33.4 Å². The van der Waals surface area contributed by atoms with E-state index in [2.05, 4.69) is 10.5 Å². The average Bonchev–Trinajstić information content (AvgIpc) is 2.68. The van der Waals surface area contributed by atoms with Crippen molar-refractivity contribution in [2.75, 3.05) is 12.3 Å². The summed E-state index contributed by atoms with van der Waals surface area (Å²) < 4.78 is 5.06. The highest BCUT2D eigenvalue weighted by Crippen LogP contribution is 2.19. The third-order valence-corrected chi connectivity index (χ3v) is 4.01. The van der Waals surface area contributed by atoms with Crippen molar-refractivity contribution in [3.05, 3.63) is 17.0 Å². The molecule has 0 aliphatic carbocycles. The number of nitrogens with two attached hydrogens (primary N) is 1. The van der Waals surface area contributed by atoms with Crippen molar-refractivity contribution in [3.8, 4) is 0 Å². The molecule has 6 nitrogen and oxygen atoms in total. The number of nitrogens with one attached hydrogen (secondary N) is 1. The van der Waals surface area contributed by atoms with Crippen molar-refractivity contribution >= 4 is 23.6 Å². The zero-order chi connectivity index (χ0) is 15.3. The SMILES string of the molecule is Cc1noc(C)c1CSCC(=O)NCC(C)(C)C(N)=O. The maximum atomic E-state index is 11.7. The Labute approximate surface area is 122 Å². The number of thioether (sulfide) groups is 1. The van der Waals surface area contributed by atoms with Gasteiger partial charge in [-0.1, -0.05) is 5.16 Å². The lowest BCUT2D eigenvalue weighted by Crippen LogP contribution is -2.42. The second kappa shape index (κ2) is 6.78. The Morgan fingerprint density at radius 2 is 2.05 bits per heavy atom. The topological polar surface area (TPSA) is 98.2 Å². The largest absolute Gasteiger partial charge is 0.369 e. The van der Waals surface area contributed by atoms with Crippen LogP contribution in [-0.4, -0.2) is 29.3 Å². The average molecular weight is 299 g/mol. The highest BCUT2D eigenvalue weighted by Gasteiger charge is 2.25. The fraction of sp³-hybridized carbons (Fsp3) is 0.615. The van der Waals surface area contributed by atoms with Gasteiger partial charge in [-0.15, -0.1) is 11.8 Å². The van der Waals surface area contributed by atoms with Crippen LogP contribution in [0.15, 0.2) is 4.52 Å². The molecule has 1 rings (SSSR count). The molecule has 0 saturated carbocycles. The zero-order valence-electron chi connectivity index (χ0n) is 12.3. The molecular weight excluding hydrogens is 278 g/mol. The van der Waals surface area contributed by atoms with Crippen LogP contribution >= 0.6 is 11.8 Å². The minimum Gasteiger partial charge on any atom is -0.369 e. The molecule has 0 spiro atoms. The Bertz CT molecular complexity index is 478. The van der Waals surface area contributed by atoms with Crippen LogP contribution < -0.4 is 11.1 Å². The fourth-order valence-corrected chi connectivity index (χ4v) is 2.42. The smallest absolute Gasteiger partial charge is 0.230 e. The number of hydrogen-bond donors (Lipinski definition) is 2. The lowest BCUT2D eigenvalue weighted by atomic mass is 9.93. The van der Waals surface area contributed by atoms with Crippen molar-refractivity contribution in [1.82, 2.24) is 10.5 Å². The van der Waals surface area contributed by atoms with E-state index in [-0.39, 0.29) is 12.5 Å². The Kier molecular flexibility index (Phi) is 5.62. The molecule has 1 aromatic rings.